The van der Waals surface area contributed by atoms with Crippen LogP contribution in [0.15, 0.2) is 29.5 Å². The van der Waals surface area contributed by atoms with Crippen LogP contribution in [0.5, 0.6) is 5.75 Å². The summed E-state index contributed by atoms with van der Waals surface area (Å²) < 4.78 is 11.2. The van der Waals surface area contributed by atoms with Crippen LogP contribution >= 0.6 is 0 Å². The summed E-state index contributed by atoms with van der Waals surface area (Å²) in [7, 11) is 3.48. The minimum absolute atomic E-state index is 0.0224. The molecule has 5 atom stereocenters. The van der Waals surface area contributed by atoms with E-state index in [1.54, 1.807) is 12.0 Å². The van der Waals surface area contributed by atoms with Crippen LogP contribution in [-0.2, 0) is 19.7 Å². The van der Waals surface area contributed by atoms with Gasteiger partial charge in [-0.25, -0.2) is 0 Å². The molecule has 0 saturated carbocycles. The number of likely N-dealkylation sites (N-methyl/N-ethyl adjacent to an activating group) is 1. The molecule has 2 bridgehead atoms. The van der Waals surface area contributed by atoms with Gasteiger partial charge in [0.25, 0.3) is 0 Å². The Kier molecular flexibility index (Phi) is 3.47. The number of benzene rings is 1. The van der Waals surface area contributed by atoms with Gasteiger partial charge < -0.3 is 19.7 Å². The minimum Gasteiger partial charge on any atom is -0.497 e. The lowest BCUT2D eigenvalue weighted by atomic mass is 9.72. The van der Waals surface area contributed by atoms with Crippen molar-refractivity contribution in [1.82, 2.24) is 5.32 Å². The maximum absolute atomic E-state index is 13.5. The number of anilines is 1. The molecule has 1 aromatic rings. The van der Waals surface area contributed by atoms with Gasteiger partial charge >= 0.3 is 0 Å². The maximum Gasteiger partial charge on any atom is 0.239 e. The van der Waals surface area contributed by atoms with E-state index in [1.165, 1.54) is 0 Å². The van der Waals surface area contributed by atoms with E-state index in [2.05, 4.69) is 5.32 Å². The predicted octanol–water partition coefficient (Wildman–Crippen LogP) is 1.78. The van der Waals surface area contributed by atoms with E-state index >= 15 is 0 Å². The molecule has 0 unspecified atom stereocenters. The molecule has 0 radical (unpaired) electrons. The Labute approximate surface area is 158 Å². The number of hydrogen-bond donors (Lipinski definition) is 1. The van der Waals surface area contributed by atoms with Gasteiger partial charge in [-0.05, 0) is 37.3 Å². The standard InChI is InChI=1S/C21H24N2O4/c1-11-14(9-24)13-7-19-21(8-17(22-19)15(13)10-27-11)16-5-4-12(26-3)6-18(16)23(2)20(21)25/h4-6,9,13,15,17,19,22H,7-8,10H2,1-3H3/t13-,15+,17-,19-,21+/m1/s1. The Balaban J connectivity index is 1.61. The van der Waals surface area contributed by atoms with Gasteiger partial charge in [0.15, 0.2) is 0 Å². The van der Waals surface area contributed by atoms with Crippen molar-refractivity contribution in [3.8, 4) is 5.75 Å². The first kappa shape index (κ1) is 16.8. The first-order valence-corrected chi connectivity index (χ1v) is 9.52. The van der Waals surface area contributed by atoms with Crippen molar-refractivity contribution in [2.75, 3.05) is 25.7 Å². The van der Waals surface area contributed by atoms with Gasteiger partial charge in [0.2, 0.25) is 5.91 Å². The van der Waals surface area contributed by atoms with E-state index in [4.69, 9.17) is 9.47 Å². The van der Waals surface area contributed by atoms with Crippen LogP contribution in [0.3, 0.4) is 0 Å². The highest BCUT2D eigenvalue weighted by molar-refractivity contribution is 6.09. The molecule has 1 N–H and O–H groups in total. The zero-order valence-electron chi connectivity index (χ0n) is 15.8. The molecule has 6 heteroatoms. The first-order valence-electron chi connectivity index (χ1n) is 9.52. The van der Waals surface area contributed by atoms with Crippen LogP contribution in [0.25, 0.3) is 0 Å². The summed E-state index contributed by atoms with van der Waals surface area (Å²) in [5.41, 5.74) is 2.20. The van der Waals surface area contributed by atoms with Gasteiger partial charge in [-0.3, -0.25) is 9.59 Å². The summed E-state index contributed by atoms with van der Waals surface area (Å²) in [6.07, 6.45) is 2.47. The van der Waals surface area contributed by atoms with Crippen molar-refractivity contribution >= 4 is 17.9 Å². The summed E-state index contributed by atoms with van der Waals surface area (Å²) >= 11 is 0. The minimum atomic E-state index is -0.569. The third-order valence-corrected chi connectivity index (χ3v) is 7.23. The Morgan fingerprint density at radius 2 is 2.22 bits per heavy atom. The monoisotopic (exact) mass is 368 g/mol. The molecule has 142 valence electrons. The van der Waals surface area contributed by atoms with E-state index in [0.29, 0.717) is 6.61 Å². The molecule has 1 aromatic carbocycles. The van der Waals surface area contributed by atoms with Crippen LogP contribution in [0.2, 0.25) is 0 Å². The highest BCUT2D eigenvalue weighted by atomic mass is 16.5. The Morgan fingerprint density at radius 1 is 1.41 bits per heavy atom. The lowest BCUT2D eigenvalue weighted by Gasteiger charge is -2.41. The number of carbonyl (C=O) groups is 2. The molecular formula is C21H24N2O4. The highest BCUT2D eigenvalue weighted by Gasteiger charge is 2.64. The fourth-order valence-corrected chi connectivity index (χ4v) is 5.88. The van der Waals surface area contributed by atoms with Crippen LogP contribution in [0, 0.1) is 11.8 Å². The van der Waals surface area contributed by atoms with E-state index < -0.39 is 5.41 Å². The average Bonchev–Trinajstić information content (AvgIpc) is 3.10. The quantitative estimate of drug-likeness (QED) is 0.806. The first-order chi connectivity index (χ1) is 13.0. The number of nitrogens with one attached hydrogen (secondary N) is 1. The van der Waals surface area contributed by atoms with Crippen LogP contribution < -0.4 is 15.0 Å². The van der Waals surface area contributed by atoms with E-state index in [-0.39, 0.29) is 29.8 Å². The summed E-state index contributed by atoms with van der Waals surface area (Å²) in [4.78, 5) is 27.0. The molecule has 5 rings (SSSR count). The molecule has 0 aromatic heterocycles. The van der Waals surface area contributed by atoms with E-state index in [9.17, 15) is 9.59 Å². The lowest BCUT2D eigenvalue weighted by molar-refractivity contribution is -0.123. The van der Waals surface area contributed by atoms with Gasteiger partial charge in [0, 0.05) is 36.7 Å². The fraction of sp³-hybridized carbons (Fsp3) is 0.524. The lowest BCUT2D eigenvalue weighted by Crippen LogP contribution is -2.53. The fourth-order valence-electron chi connectivity index (χ4n) is 5.88. The zero-order chi connectivity index (χ0) is 18.9. The number of amides is 1. The number of allylic oxidation sites excluding steroid dienone is 2. The number of rotatable bonds is 2. The SMILES string of the molecule is COc1ccc2c(c1)N(C)C(=O)[C@@]21C[C@H]2N[C@@H]1C[C@@H]1C(C=O)=C(C)OC[C@@H]12. The third-order valence-electron chi connectivity index (χ3n) is 7.23. The molecule has 1 spiro atoms. The molecular weight excluding hydrogens is 344 g/mol. The predicted molar refractivity (Wildman–Crippen MR) is 99.7 cm³/mol. The Hall–Kier alpha value is -2.34. The second-order valence-electron chi connectivity index (χ2n) is 8.19. The molecule has 27 heavy (non-hydrogen) atoms. The summed E-state index contributed by atoms with van der Waals surface area (Å²) in [5.74, 6) is 2.01. The molecule has 1 amide bonds. The topological polar surface area (TPSA) is 67.9 Å². The third kappa shape index (κ3) is 1.99. The van der Waals surface area contributed by atoms with Gasteiger partial charge in [-0.1, -0.05) is 6.07 Å². The molecule has 0 aliphatic carbocycles. The number of nitrogens with zero attached hydrogens (tertiary/aromatic N) is 1. The maximum atomic E-state index is 13.5. The number of ether oxygens (including phenoxy) is 2. The molecule has 2 saturated heterocycles. The van der Waals surface area contributed by atoms with Crippen LogP contribution in [-0.4, -0.2) is 45.0 Å². The summed E-state index contributed by atoms with van der Waals surface area (Å²) in [5, 5.41) is 3.70. The smallest absolute Gasteiger partial charge is 0.239 e. The zero-order valence-corrected chi connectivity index (χ0v) is 15.8. The number of piperidine rings is 1. The Morgan fingerprint density at radius 3 is 2.96 bits per heavy atom. The van der Waals surface area contributed by atoms with Gasteiger partial charge in [0.05, 0.1) is 30.6 Å². The van der Waals surface area contributed by atoms with Crippen LogP contribution in [0.4, 0.5) is 5.69 Å². The largest absolute Gasteiger partial charge is 0.497 e. The normalized spacial score (nSPS) is 36.6. The van der Waals surface area contributed by atoms with Crippen molar-refractivity contribution < 1.29 is 19.1 Å². The Bertz CT molecular complexity index is 879. The number of aldehydes is 1. The van der Waals surface area contributed by atoms with E-state index in [0.717, 1.165) is 47.5 Å². The number of carbonyl (C=O) groups excluding carboxylic acids is 2. The van der Waals surface area contributed by atoms with E-state index in [1.807, 2.05) is 32.2 Å². The second kappa shape index (κ2) is 5.58. The molecule has 4 aliphatic heterocycles. The number of fused-ring (bicyclic) bond motifs is 7. The van der Waals surface area contributed by atoms with Crippen molar-refractivity contribution in [2.45, 2.75) is 37.3 Å². The van der Waals surface area contributed by atoms with Crippen molar-refractivity contribution in [3.05, 3.63) is 35.1 Å². The number of methoxy groups -OCH3 is 1. The number of hydrogen-bond acceptors (Lipinski definition) is 5. The van der Waals surface area contributed by atoms with Crippen molar-refractivity contribution in [3.63, 3.8) is 0 Å². The van der Waals surface area contributed by atoms with Crippen LogP contribution in [0.1, 0.15) is 25.3 Å². The summed E-state index contributed by atoms with van der Waals surface area (Å²) in [6, 6.07) is 6.12. The molecule has 4 heterocycles. The van der Waals surface area contributed by atoms with Crippen molar-refractivity contribution in [1.29, 1.82) is 0 Å². The highest BCUT2D eigenvalue weighted by Crippen LogP contribution is 2.56. The van der Waals surface area contributed by atoms with Crippen molar-refractivity contribution in [2.24, 2.45) is 11.8 Å². The molecule has 4 aliphatic rings. The second-order valence-corrected chi connectivity index (χ2v) is 8.19. The van der Waals surface area contributed by atoms with Gasteiger partial charge in [0.1, 0.15) is 12.0 Å². The summed E-state index contributed by atoms with van der Waals surface area (Å²) in [6.45, 7) is 2.48. The van der Waals surface area contributed by atoms with Gasteiger partial charge in [-0.2, -0.15) is 0 Å². The molecule has 2 fully saturated rings. The average molecular weight is 368 g/mol. The van der Waals surface area contributed by atoms with Gasteiger partial charge in [-0.15, -0.1) is 0 Å². The molecule has 6 nitrogen and oxygen atoms in total.